The molecule has 1 aromatic heterocycles. The SMILES string of the molecule is CNC(=O)[C@H]1CN(C2=NC(=O)/C(=C/c3ccc4c(cnn4Cc4ccc(Cl)cc4C(F)(F)F)c3)S2)CCN1. The standard InChI is InChI=1S/C25H22ClF3N6O2S/c1-30-22(36)19-13-34(7-6-31-19)24-33-23(37)21(38-24)9-14-2-5-20-16(8-14)11-32-35(20)12-15-3-4-17(26)10-18(15)25(27,28)29/h2-5,8-11,19,31H,6-7,12-13H2,1H3,(H,30,36)/b21-9-/t19-/m1/s1. The normalized spacial score (nSPS) is 19.3. The molecule has 2 N–H and O–H groups in total. The zero-order valence-electron chi connectivity index (χ0n) is 20.1. The fraction of sp³-hybridized carbons (Fsp3) is 0.280. The molecule has 2 aliphatic rings. The van der Waals surface area contributed by atoms with Gasteiger partial charge in [-0.2, -0.15) is 23.3 Å². The van der Waals surface area contributed by atoms with E-state index in [1.165, 1.54) is 28.6 Å². The molecule has 2 amide bonds. The predicted molar refractivity (Wildman–Crippen MR) is 141 cm³/mol. The molecule has 1 saturated heterocycles. The lowest BCUT2D eigenvalue weighted by Crippen LogP contribution is -2.57. The maximum Gasteiger partial charge on any atom is 0.416 e. The third-order valence-electron chi connectivity index (χ3n) is 6.28. The zero-order chi connectivity index (χ0) is 27.0. The van der Waals surface area contributed by atoms with E-state index in [9.17, 15) is 22.8 Å². The minimum atomic E-state index is -4.54. The molecule has 198 valence electrons. The zero-order valence-corrected chi connectivity index (χ0v) is 21.6. The van der Waals surface area contributed by atoms with Gasteiger partial charge in [-0.25, -0.2) is 0 Å². The van der Waals surface area contributed by atoms with Crippen molar-refractivity contribution >= 4 is 57.3 Å². The number of likely N-dealkylation sites (N-methyl/N-ethyl adjacent to an activating group) is 1. The lowest BCUT2D eigenvalue weighted by atomic mass is 10.1. The van der Waals surface area contributed by atoms with Crippen molar-refractivity contribution in [2.24, 2.45) is 4.99 Å². The molecule has 2 aliphatic heterocycles. The van der Waals surface area contributed by atoms with Gasteiger partial charge in [-0.05, 0) is 53.2 Å². The van der Waals surface area contributed by atoms with Crippen LogP contribution in [0.5, 0.6) is 0 Å². The summed E-state index contributed by atoms with van der Waals surface area (Å²) in [4.78, 5) is 31.1. The lowest BCUT2D eigenvalue weighted by molar-refractivity contribution is -0.138. The first kappa shape index (κ1) is 26.3. The number of hydrogen-bond donors (Lipinski definition) is 2. The van der Waals surface area contributed by atoms with E-state index in [0.29, 0.717) is 40.6 Å². The molecular weight excluding hydrogens is 541 g/mol. The van der Waals surface area contributed by atoms with Gasteiger partial charge in [-0.15, -0.1) is 0 Å². The Morgan fingerprint density at radius 3 is 2.87 bits per heavy atom. The van der Waals surface area contributed by atoms with Crippen LogP contribution >= 0.6 is 23.4 Å². The van der Waals surface area contributed by atoms with Crippen LogP contribution in [0.15, 0.2) is 52.5 Å². The maximum atomic E-state index is 13.5. The molecule has 0 saturated carbocycles. The van der Waals surface area contributed by atoms with Gasteiger partial charge in [-0.3, -0.25) is 14.3 Å². The van der Waals surface area contributed by atoms with E-state index in [0.717, 1.165) is 11.6 Å². The molecule has 3 aromatic rings. The number of fused-ring (bicyclic) bond motifs is 1. The van der Waals surface area contributed by atoms with Crippen LogP contribution < -0.4 is 10.6 Å². The number of halogens is 4. The van der Waals surface area contributed by atoms with Crippen LogP contribution in [0.25, 0.3) is 17.0 Å². The fourth-order valence-electron chi connectivity index (χ4n) is 4.39. The fourth-order valence-corrected chi connectivity index (χ4v) is 5.51. The smallest absolute Gasteiger partial charge is 0.358 e. The Balaban J connectivity index is 1.33. The molecule has 13 heteroatoms. The second kappa shape index (κ2) is 10.4. The first-order valence-electron chi connectivity index (χ1n) is 11.7. The van der Waals surface area contributed by atoms with Crippen LogP contribution in [0, 0.1) is 0 Å². The van der Waals surface area contributed by atoms with Gasteiger partial charge in [0.2, 0.25) is 5.91 Å². The van der Waals surface area contributed by atoms with E-state index in [4.69, 9.17) is 11.6 Å². The summed E-state index contributed by atoms with van der Waals surface area (Å²) in [5.41, 5.74) is 0.644. The van der Waals surface area contributed by atoms with Gasteiger partial charge in [0.05, 0.1) is 28.7 Å². The van der Waals surface area contributed by atoms with E-state index in [-0.39, 0.29) is 35.0 Å². The lowest BCUT2D eigenvalue weighted by Gasteiger charge is -2.33. The first-order valence-corrected chi connectivity index (χ1v) is 12.9. The monoisotopic (exact) mass is 562 g/mol. The molecule has 1 fully saturated rings. The molecule has 0 aliphatic carbocycles. The molecule has 0 bridgehead atoms. The van der Waals surface area contributed by atoms with Crippen molar-refractivity contribution in [1.29, 1.82) is 0 Å². The average molecular weight is 563 g/mol. The predicted octanol–water partition coefficient (Wildman–Crippen LogP) is 3.75. The van der Waals surface area contributed by atoms with Gasteiger partial charge in [0.25, 0.3) is 5.91 Å². The minimum absolute atomic E-state index is 0.0128. The summed E-state index contributed by atoms with van der Waals surface area (Å²) in [6.45, 7) is 1.53. The Morgan fingerprint density at radius 2 is 2.11 bits per heavy atom. The summed E-state index contributed by atoms with van der Waals surface area (Å²) in [6.07, 6.45) is -1.24. The highest BCUT2D eigenvalue weighted by Crippen LogP contribution is 2.35. The van der Waals surface area contributed by atoms with Gasteiger partial charge in [0.1, 0.15) is 6.04 Å². The van der Waals surface area contributed by atoms with E-state index < -0.39 is 11.7 Å². The number of aliphatic imine (C=N–C) groups is 1. The number of benzene rings is 2. The highest BCUT2D eigenvalue weighted by atomic mass is 35.5. The molecule has 3 heterocycles. The summed E-state index contributed by atoms with van der Waals surface area (Å²) in [5, 5.41) is 11.3. The Morgan fingerprint density at radius 1 is 1.29 bits per heavy atom. The van der Waals surface area contributed by atoms with E-state index in [2.05, 4.69) is 20.7 Å². The first-order chi connectivity index (χ1) is 18.1. The number of thioether (sulfide) groups is 1. The second-order valence-corrected chi connectivity index (χ2v) is 10.2. The summed E-state index contributed by atoms with van der Waals surface area (Å²) >= 11 is 7.04. The van der Waals surface area contributed by atoms with Crippen LogP contribution in [-0.2, 0) is 22.3 Å². The molecule has 0 spiro atoms. The van der Waals surface area contributed by atoms with E-state index >= 15 is 0 Å². The second-order valence-electron chi connectivity index (χ2n) is 8.80. The van der Waals surface area contributed by atoms with Crippen molar-refractivity contribution in [3.8, 4) is 0 Å². The number of carbonyl (C=O) groups is 2. The third kappa shape index (κ3) is 5.42. The number of nitrogens with zero attached hydrogens (tertiary/aromatic N) is 4. The summed E-state index contributed by atoms with van der Waals surface area (Å²) < 4.78 is 42.0. The Bertz CT molecular complexity index is 1490. The van der Waals surface area contributed by atoms with Crippen molar-refractivity contribution in [2.75, 3.05) is 26.7 Å². The minimum Gasteiger partial charge on any atom is -0.358 e. The van der Waals surface area contributed by atoms with Crippen LogP contribution in [0.4, 0.5) is 13.2 Å². The van der Waals surface area contributed by atoms with Crippen molar-refractivity contribution in [3.05, 3.63) is 69.2 Å². The van der Waals surface area contributed by atoms with Gasteiger partial charge in [0, 0.05) is 37.1 Å². The molecular formula is C25H22ClF3N6O2S. The number of aromatic nitrogens is 2. The third-order valence-corrected chi connectivity index (χ3v) is 7.56. The van der Waals surface area contributed by atoms with Crippen molar-refractivity contribution in [2.45, 2.75) is 18.8 Å². The number of alkyl halides is 3. The largest absolute Gasteiger partial charge is 0.416 e. The average Bonchev–Trinajstić information content (AvgIpc) is 3.46. The maximum absolute atomic E-state index is 13.5. The Labute approximate surface area is 224 Å². The number of amidine groups is 1. The number of carbonyl (C=O) groups excluding carboxylic acids is 2. The van der Waals surface area contributed by atoms with Gasteiger partial charge < -0.3 is 15.5 Å². The molecule has 8 nitrogen and oxygen atoms in total. The highest BCUT2D eigenvalue weighted by molar-refractivity contribution is 8.18. The van der Waals surface area contributed by atoms with Crippen LogP contribution in [0.2, 0.25) is 5.02 Å². The van der Waals surface area contributed by atoms with Crippen molar-refractivity contribution < 1.29 is 22.8 Å². The number of hydrogen-bond acceptors (Lipinski definition) is 6. The summed E-state index contributed by atoms with van der Waals surface area (Å²) in [7, 11) is 1.58. The Hall–Kier alpha value is -3.35. The van der Waals surface area contributed by atoms with E-state index in [1.54, 1.807) is 31.5 Å². The van der Waals surface area contributed by atoms with Gasteiger partial charge >= 0.3 is 6.18 Å². The molecule has 2 aromatic carbocycles. The summed E-state index contributed by atoms with van der Waals surface area (Å²) in [6, 6.07) is 8.65. The molecule has 0 radical (unpaired) electrons. The molecule has 1 atom stereocenters. The number of piperazine rings is 1. The highest BCUT2D eigenvalue weighted by Gasteiger charge is 2.34. The van der Waals surface area contributed by atoms with Gasteiger partial charge in [0.15, 0.2) is 5.17 Å². The van der Waals surface area contributed by atoms with Crippen molar-refractivity contribution in [3.63, 3.8) is 0 Å². The molecule has 38 heavy (non-hydrogen) atoms. The van der Waals surface area contributed by atoms with Crippen LogP contribution in [-0.4, -0.2) is 64.4 Å². The molecule has 0 unspecified atom stereocenters. The molecule has 5 rings (SSSR count). The number of rotatable bonds is 4. The number of amides is 2. The van der Waals surface area contributed by atoms with E-state index in [1.807, 2.05) is 11.0 Å². The topological polar surface area (TPSA) is 91.6 Å². The quantitative estimate of drug-likeness (QED) is 0.471. The number of nitrogens with one attached hydrogen (secondary N) is 2. The van der Waals surface area contributed by atoms with Gasteiger partial charge in [-0.1, -0.05) is 23.7 Å². The Kier molecular flexibility index (Phi) is 7.21. The van der Waals surface area contributed by atoms with Crippen LogP contribution in [0.1, 0.15) is 16.7 Å². The summed E-state index contributed by atoms with van der Waals surface area (Å²) in [5.74, 6) is -0.488. The van der Waals surface area contributed by atoms with Crippen molar-refractivity contribution in [1.82, 2.24) is 25.3 Å². The van der Waals surface area contributed by atoms with Crippen LogP contribution in [0.3, 0.4) is 0 Å².